The number of benzene rings is 1. The normalized spacial score (nSPS) is 21.6. The summed E-state index contributed by atoms with van der Waals surface area (Å²) in [6.07, 6.45) is -1.49. The molecule has 0 radical (unpaired) electrons. The van der Waals surface area contributed by atoms with Crippen molar-refractivity contribution in [1.82, 2.24) is 30.4 Å². The lowest BCUT2D eigenvalue weighted by atomic mass is 9.83. The van der Waals surface area contributed by atoms with Crippen LogP contribution in [-0.4, -0.2) is 30.4 Å². The molecule has 0 spiro atoms. The summed E-state index contributed by atoms with van der Waals surface area (Å²) in [6, 6.07) is 2.21. The van der Waals surface area contributed by atoms with Crippen molar-refractivity contribution < 1.29 is 13.2 Å². The number of nitrogens with zero attached hydrogens (tertiary/aromatic N) is 5. The first-order valence-corrected chi connectivity index (χ1v) is 7.26. The number of hydrogen-bond acceptors (Lipinski definition) is 4. The number of halogens is 3. The quantitative estimate of drug-likeness (QED) is 0.748. The van der Waals surface area contributed by atoms with Crippen molar-refractivity contribution in [3.63, 3.8) is 0 Å². The Morgan fingerprint density at radius 2 is 2.13 bits per heavy atom. The van der Waals surface area contributed by atoms with Crippen LogP contribution in [0.1, 0.15) is 42.3 Å². The van der Waals surface area contributed by atoms with E-state index >= 15 is 0 Å². The highest BCUT2D eigenvalue weighted by atomic mass is 19.4. The summed E-state index contributed by atoms with van der Waals surface area (Å²) in [7, 11) is 0. The first-order chi connectivity index (χ1) is 10.9. The number of alkyl halides is 3. The van der Waals surface area contributed by atoms with Gasteiger partial charge in [0.15, 0.2) is 5.82 Å². The largest absolute Gasteiger partial charge is 0.416 e. The molecule has 2 aromatic heterocycles. The van der Waals surface area contributed by atoms with E-state index in [1.807, 2.05) is 6.92 Å². The van der Waals surface area contributed by atoms with E-state index in [1.165, 1.54) is 6.07 Å². The van der Waals surface area contributed by atoms with Gasteiger partial charge >= 0.3 is 6.18 Å². The fourth-order valence-electron chi connectivity index (χ4n) is 3.35. The molecule has 2 atom stereocenters. The van der Waals surface area contributed by atoms with Gasteiger partial charge in [-0.2, -0.15) is 18.3 Å². The summed E-state index contributed by atoms with van der Waals surface area (Å²) < 4.78 is 41.2. The molecule has 23 heavy (non-hydrogen) atoms. The van der Waals surface area contributed by atoms with Crippen molar-refractivity contribution in [2.75, 3.05) is 0 Å². The lowest BCUT2D eigenvalue weighted by Gasteiger charge is -2.30. The lowest BCUT2D eigenvalue weighted by Crippen LogP contribution is -2.25. The molecule has 1 aliphatic rings. The minimum Gasteiger partial charge on any atom is -0.278 e. The molecular formula is C14H13F3N6. The van der Waals surface area contributed by atoms with Gasteiger partial charge < -0.3 is 0 Å². The van der Waals surface area contributed by atoms with Gasteiger partial charge in [-0.3, -0.25) is 5.10 Å². The molecule has 1 aliphatic heterocycles. The molecule has 3 aromatic rings. The molecule has 0 bridgehead atoms. The Kier molecular flexibility index (Phi) is 2.94. The van der Waals surface area contributed by atoms with Gasteiger partial charge in [0.05, 0.1) is 23.3 Å². The van der Waals surface area contributed by atoms with Crippen LogP contribution in [0.3, 0.4) is 0 Å². The van der Waals surface area contributed by atoms with Crippen LogP contribution < -0.4 is 0 Å². The number of aromatic amines is 1. The van der Waals surface area contributed by atoms with Crippen molar-refractivity contribution in [2.45, 2.75) is 37.9 Å². The smallest absolute Gasteiger partial charge is 0.278 e. The average molecular weight is 322 g/mol. The van der Waals surface area contributed by atoms with Gasteiger partial charge in [0.2, 0.25) is 0 Å². The third-order valence-corrected chi connectivity index (χ3v) is 4.53. The first-order valence-electron chi connectivity index (χ1n) is 7.26. The fourth-order valence-corrected chi connectivity index (χ4v) is 3.35. The minimum absolute atomic E-state index is 0.103. The SMILES string of the molecule is CC1C(c2cc(C(F)(F)F)cc3[nH]ncc23)CCc2nnnn21. The number of aromatic nitrogens is 6. The summed E-state index contributed by atoms with van der Waals surface area (Å²) in [5.41, 5.74) is 0.362. The van der Waals surface area contributed by atoms with Gasteiger partial charge in [0.1, 0.15) is 0 Å². The van der Waals surface area contributed by atoms with Crippen molar-refractivity contribution >= 4 is 10.9 Å². The molecule has 1 aromatic carbocycles. The van der Waals surface area contributed by atoms with E-state index in [4.69, 9.17) is 0 Å². The molecule has 3 heterocycles. The Labute approximate surface area is 128 Å². The van der Waals surface area contributed by atoms with Crippen LogP contribution >= 0.6 is 0 Å². The second-order valence-electron chi connectivity index (χ2n) is 5.82. The maximum atomic E-state index is 13.2. The lowest BCUT2D eigenvalue weighted by molar-refractivity contribution is -0.137. The highest BCUT2D eigenvalue weighted by Gasteiger charge is 2.35. The van der Waals surface area contributed by atoms with E-state index in [1.54, 1.807) is 10.9 Å². The minimum atomic E-state index is -4.40. The Bertz CT molecular complexity index is 865. The Balaban J connectivity index is 1.87. The number of H-pyrrole nitrogens is 1. The highest BCUT2D eigenvalue weighted by molar-refractivity contribution is 5.83. The molecule has 0 fully saturated rings. The van der Waals surface area contributed by atoms with Crippen LogP contribution in [0.4, 0.5) is 13.2 Å². The molecule has 0 aliphatic carbocycles. The van der Waals surface area contributed by atoms with Gasteiger partial charge in [-0.05, 0) is 41.5 Å². The van der Waals surface area contributed by atoms with E-state index < -0.39 is 11.7 Å². The van der Waals surface area contributed by atoms with Crippen LogP contribution in [0, 0.1) is 0 Å². The van der Waals surface area contributed by atoms with Crippen LogP contribution in [-0.2, 0) is 12.6 Å². The van der Waals surface area contributed by atoms with Crippen LogP contribution in [0.25, 0.3) is 10.9 Å². The molecule has 1 N–H and O–H groups in total. The maximum Gasteiger partial charge on any atom is 0.416 e. The summed E-state index contributed by atoms with van der Waals surface area (Å²) in [5.74, 6) is 0.664. The van der Waals surface area contributed by atoms with E-state index in [0.717, 1.165) is 11.9 Å². The van der Waals surface area contributed by atoms with E-state index in [0.29, 0.717) is 29.3 Å². The number of tetrazole rings is 1. The summed E-state index contributed by atoms with van der Waals surface area (Å²) in [5, 5.41) is 18.8. The molecule has 0 saturated heterocycles. The van der Waals surface area contributed by atoms with E-state index in [-0.39, 0.29) is 12.0 Å². The molecule has 0 saturated carbocycles. The highest BCUT2D eigenvalue weighted by Crippen LogP contribution is 2.42. The third kappa shape index (κ3) is 2.18. The Morgan fingerprint density at radius 1 is 1.30 bits per heavy atom. The van der Waals surface area contributed by atoms with Gasteiger partial charge in [0, 0.05) is 17.7 Å². The number of fused-ring (bicyclic) bond motifs is 2. The number of aryl methyl sites for hydroxylation is 1. The molecule has 120 valence electrons. The van der Waals surface area contributed by atoms with Gasteiger partial charge in [0.25, 0.3) is 0 Å². The summed E-state index contributed by atoms with van der Waals surface area (Å²) in [4.78, 5) is 0. The van der Waals surface area contributed by atoms with Crippen LogP contribution in [0.15, 0.2) is 18.3 Å². The molecule has 4 rings (SSSR count). The molecule has 2 unspecified atom stereocenters. The predicted molar refractivity (Wildman–Crippen MR) is 74.7 cm³/mol. The van der Waals surface area contributed by atoms with Crippen molar-refractivity contribution in [3.05, 3.63) is 35.3 Å². The number of hydrogen-bond donors (Lipinski definition) is 1. The first kappa shape index (κ1) is 14.2. The number of rotatable bonds is 1. The van der Waals surface area contributed by atoms with Crippen molar-refractivity contribution in [2.24, 2.45) is 0 Å². The fraction of sp³-hybridized carbons (Fsp3) is 0.429. The number of nitrogens with one attached hydrogen (secondary N) is 1. The topological polar surface area (TPSA) is 72.3 Å². The monoisotopic (exact) mass is 322 g/mol. The summed E-state index contributed by atoms with van der Waals surface area (Å²) in [6.45, 7) is 1.93. The molecular weight excluding hydrogens is 309 g/mol. The Morgan fingerprint density at radius 3 is 2.91 bits per heavy atom. The molecule has 0 amide bonds. The zero-order valence-electron chi connectivity index (χ0n) is 12.2. The second kappa shape index (κ2) is 4.77. The zero-order valence-corrected chi connectivity index (χ0v) is 12.2. The van der Waals surface area contributed by atoms with Gasteiger partial charge in [-0.25, -0.2) is 4.68 Å². The van der Waals surface area contributed by atoms with E-state index in [9.17, 15) is 13.2 Å². The molecule has 6 nitrogen and oxygen atoms in total. The van der Waals surface area contributed by atoms with Crippen LogP contribution in [0.5, 0.6) is 0 Å². The average Bonchev–Trinajstić information content (AvgIpc) is 3.14. The Hall–Kier alpha value is -2.45. The standard InChI is InChI=1S/C14H13F3N6/c1-7-9(2-3-13-20-21-22-23(7)13)10-4-8(14(15,16)17)5-12-11(10)6-18-19-12/h4-7,9H,2-3H2,1H3,(H,18,19). The zero-order chi connectivity index (χ0) is 16.2. The van der Waals surface area contributed by atoms with Gasteiger partial charge in [-0.15, -0.1) is 5.10 Å². The van der Waals surface area contributed by atoms with Crippen molar-refractivity contribution in [1.29, 1.82) is 0 Å². The second-order valence-corrected chi connectivity index (χ2v) is 5.82. The third-order valence-electron chi connectivity index (χ3n) is 4.53. The predicted octanol–water partition coefficient (Wildman–Crippen LogP) is 2.86. The van der Waals surface area contributed by atoms with Crippen LogP contribution in [0.2, 0.25) is 0 Å². The summed E-state index contributed by atoms with van der Waals surface area (Å²) >= 11 is 0. The van der Waals surface area contributed by atoms with E-state index in [2.05, 4.69) is 25.7 Å². The maximum absolute atomic E-state index is 13.2. The van der Waals surface area contributed by atoms with Gasteiger partial charge in [-0.1, -0.05) is 0 Å². The van der Waals surface area contributed by atoms with Crippen molar-refractivity contribution in [3.8, 4) is 0 Å². The molecule has 9 heteroatoms.